The Morgan fingerprint density at radius 1 is 0.867 bits per heavy atom. The number of hydrogen-bond acceptors (Lipinski definition) is 5. The summed E-state index contributed by atoms with van der Waals surface area (Å²) in [7, 11) is 0. The summed E-state index contributed by atoms with van der Waals surface area (Å²) in [5, 5.41) is 2.63. The number of aromatic nitrogens is 2. The summed E-state index contributed by atoms with van der Waals surface area (Å²) in [4.78, 5) is 48.5. The van der Waals surface area contributed by atoms with Gasteiger partial charge in [0.2, 0.25) is 0 Å². The molecule has 0 spiro atoms. The molecule has 1 N–H and O–H groups in total. The lowest BCUT2D eigenvalue weighted by atomic mass is 10.2. The third-order valence-corrected chi connectivity index (χ3v) is 4.32. The highest BCUT2D eigenvalue weighted by molar-refractivity contribution is 5.80. The van der Waals surface area contributed by atoms with Gasteiger partial charge in [0, 0.05) is 18.8 Å². The highest BCUT2D eigenvalue weighted by atomic mass is 16.5. The van der Waals surface area contributed by atoms with Gasteiger partial charge in [0.25, 0.3) is 11.5 Å². The van der Waals surface area contributed by atoms with E-state index in [1.807, 2.05) is 60.7 Å². The van der Waals surface area contributed by atoms with Crippen LogP contribution in [0.3, 0.4) is 0 Å². The van der Waals surface area contributed by atoms with Crippen molar-refractivity contribution in [2.75, 3.05) is 6.61 Å². The van der Waals surface area contributed by atoms with Crippen LogP contribution in [0, 0.1) is 0 Å². The molecule has 0 aliphatic heterocycles. The van der Waals surface area contributed by atoms with Crippen molar-refractivity contribution in [1.82, 2.24) is 14.5 Å². The molecule has 8 heteroatoms. The highest BCUT2D eigenvalue weighted by Crippen LogP contribution is 2.00. The van der Waals surface area contributed by atoms with Crippen LogP contribution in [0.5, 0.6) is 0 Å². The van der Waals surface area contributed by atoms with E-state index in [2.05, 4.69) is 5.32 Å². The zero-order valence-corrected chi connectivity index (χ0v) is 16.2. The summed E-state index contributed by atoms with van der Waals surface area (Å²) in [6, 6.07) is 19.7. The maximum atomic E-state index is 12.6. The van der Waals surface area contributed by atoms with Crippen molar-refractivity contribution in [3.05, 3.63) is 105 Å². The third kappa shape index (κ3) is 5.78. The van der Waals surface area contributed by atoms with Crippen LogP contribution in [-0.4, -0.2) is 27.6 Å². The summed E-state index contributed by atoms with van der Waals surface area (Å²) in [5.41, 5.74) is 0.543. The van der Waals surface area contributed by atoms with Gasteiger partial charge < -0.3 is 10.1 Å². The number of nitrogens with one attached hydrogen (secondary N) is 1. The Kier molecular flexibility index (Phi) is 6.94. The lowest BCUT2D eigenvalue weighted by Crippen LogP contribution is -2.41. The van der Waals surface area contributed by atoms with Crippen molar-refractivity contribution in [2.24, 2.45) is 0 Å². The van der Waals surface area contributed by atoms with E-state index in [0.717, 1.165) is 15.7 Å². The van der Waals surface area contributed by atoms with Crippen LogP contribution >= 0.6 is 0 Å². The van der Waals surface area contributed by atoms with Gasteiger partial charge in [0.15, 0.2) is 6.61 Å². The Hall–Kier alpha value is -3.94. The monoisotopic (exact) mass is 407 g/mol. The van der Waals surface area contributed by atoms with Gasteiger partial charge in [0.1, 0.15) is 6.54 Å². The second kappa shape index (κ2) is 10.0. The molecular formula is C22H21N3O5. The van der Waals surface area contributed by atoms with Crippen molar-refractivity contribution < 1.29 is 14.3 Å². The highest BCUT2D eigenvalue weighted by Gasteiger charge is 2.13. The fourth-order valence-electron chi connectivity index (χ4n) is 2.77. The standard InChI is InChI=1S/C22H21N3O5/c26-19(23-13-17-7-3-1-4-8-17)16-30-21(28)15-25-20(27)11-12-24(22(25)29)14-18-9-5-2-6-10-18/h1-12H,13-16H2,(H,23,26). The van der Waals surface area contributed by atoms with Crippen LogP contribution in [0.15, 0.2) is 82.5 Å². The summed E-state index contributed by atoms with van der Waals surface area (Å²) in [6.45, 7) is -0.499. The number of amides is 1. The molecule has 3 rings (SSSR count). The van der Waals surface area contributed by atoms with Gasteiger partial charge in [-0.2, -0.15) is 0 Å². The topological polar surface area (TPSA) is 99.4 Å². The maximum absolute atomic E-state index is 12.6. The minimum Gasteiger partial charge on any atom is -0.454 e. The van der Waals surface area contributed by atoms with E-state index in [9.17, 15) is 19.2 Å². The molecule has 8 nitrogen and oxygen atoms in total. The first kappa shape index (κ1) is 20.8. The van der Waals surface area contributed by atoms with E-state index in [4.69, 9.17) is 4.74 Å². The molecule has 1 heterocycles. The first-order valence-electron chi connectivity index (χ1n) is 9.33. The number of esters is 1. The molecule has 0 saturated heterocycles. The number of nitrogens with zero attached hydrogens (tertiary/aromatic N) is 2. The second-order valence-corrected chi connectivity index (χ2v) is 6.56. The Morgan fingerprint density at radius 2 is 1.50 bits per heavy atom. The van der Waals surface area contributed by atoms with Crippen molar-refractivity contribution in [2.45, 2.75) is 19.6 Å². The molecule has 154 valence electrons. The van der Waals surface area contributed by atoms with Crippen LogP contribution in [0.25, 0.3) is 0 Å². The third-order valence-electron chi connectivity index (χ3n) is 4.32. The zero-order valence-electron chi connectivity index (χ0n) is 16.2. The van der Waals surface area contributed by atoms with Crippen LogP contribution in [0.1, 0.15) is 11.1 Å². The lowest BCUT2D eigenvalue weighted by Gasteiger charge is -2.10. The molecule has 30 heavy (non-hydrogen) atoms. The molecule has 1 aromatic heterocycles. The van der Waals surface area contributed by atoms with Crippen molar-refractivity contribution in [3.63, 3.8) is 0 Å². The number of benzene rings is 2. The zero-order chi connectivity index (χ0) is 21.3. The Labute approximate surface area is 172 Å². The first-order valence-corrected chi connectivity index (χ1v) is 9.33. The van der Waals surface area contributed by atoms with Crippen molar-refractivity contribution in [1.29, 1.82) is 0 Å². The van der Waals surface area contributed by atoms with E-state index >= 15 is 0 Å². The quantitative estimate of drug-likeness (QED) is 0.560. The second-order valence-electron chi connectivity index (χ2n) is 6.56. The Bertz CT molecular complexity index is 1120. The maximum Gasteiger partial charge on any atom is 0.331 e. The number of carbonyl (C=O) groups is 2. The van der Waals surface area contributed by atoms with Gasteiger partial charge in [-0.1, -0.05) is 60.7 Å². The molecule has 1 amide bonds. The summed E-state index contributed by atoms with van der Waals surface area (Å²) < 4.78 is 7.02. The molecule has 0 bridgehead atoms. The van der Waals surface area contributed by atoms with Gasteiger partial charge in [-0.25, -0.2) is 9.36 Å². The predicted octanol–water partition coefficient (Wildman–Crippen LogP) is 0.918. The predicted molar refractivity (Wildman–Crippen MR) is 110 cm³/mol. The van der Waals surface area contributed by atoms with Crippen LogP contribution in [0.2, 0.25) is 0 Å². The van der Waals surface area contributed by atoms with E-state index in [0.29, 0.717) is 6.54 Å². The lowest BCUT2D eigenvalue weighted by molar-refractivity contribution is -0.149. The van der Waals surface area contributed by atoms with E-state index < -0.39 is 36.3 Å². The molecule has 0 atom stereocenters. The van der Waals surface area contributed by atoms with Gasteiger partial charge in [0.05, 0.1) is 6.54 Å². The van der Waals surface area contributed by atoms with Crippen molar-refractivity contribution in [3.8, 4) is 0 Å². The van der Waals surface area contributed by atoms with Gasteiger partial charge in [-0.15, -0.1) is 0 Å². The largest absolute Gasteiger partial charge is 0.454 e. The molecule has 0 unspecified atom stereocenters. The molecule has 0 fully saturated rings. The minimum absolute atomic E-state index is 0.261. The molecule has 0 aliphatic carbocycles. The fraction of sp³-hybridized carbons (Fsp3) is 0.182. The minimum atomic E-state index is -0.846. The Morgan fingerprint density at radius 3 is 2.17 bits per heavy atom. The van der Waals surface area contributed by atoms with E-state index in [1.165, 1.54) is 16.8 Å². The Balaban J connectivity index is 1.56. The van der Waals surface area contributed by atoms with Crippen LogP contribution in [0.4, 0.5) is 0 Å². The molecule has 2 aromatic carbocycles. The average molecular weight is 407 g/mol. The number of carbonyl (C=O) groups excluding carboxylic acids is 2. The summed E-state index contributed by atoms with van der Waals surface area (Å²) >= 11 is 0. The summed E-state index contributed by atoms with van der Waals surface area (Å²) in [5.74, 6) is -1.32. The average Bonchev–Trinajstić information content (AvgIpc) is 2.77. The SMILES string of the molecule is O=C(COC(=O)Cn1c(=O)ccn(Cc2ccccc2)c1=O)NCc1ccccc1. The molecular weight excluding hydrogens is 386 g/mol. The van der Waals surface area contributed by atoms with Crippen molar-refractivity contribution >= 4 is 11.9 Å². The molecule has 0 radical (unpaired) electrons. The van der Waals surface area contributed by atoms with Gasteiger partial charge in [-0.3, -0.25) is 19.0 Å². The first-order chi connectivity index (χ1) is 14.5. The smallest absolute Gasteiger partial charge is 0.331 e. The fourth-order valence-corrected chi connectivity index (χ4v) is 2.77. The molecule has 0 aliphatic rings. The van der Waals surface area contributed by atoms with E-state index in [-0.39, 0.29) is 6.54 Å². The van der Waals surface area contributed by atoms with Crippen LogP contribution < -0.4 is 16.6 Å². The van der Waals surface area contributed by atoms with E-state index in [1.54, 1.807) is 0 Å². The molecule has 3 aromatic rings. The van der Waals surface area contributed by atoms with Gasteiger partial charge in [-0.05, 0) is 11.1 Å². The molecule has 0 saturated carbocycles. The number of rotatable bonds is 8. The summed E-state index contributed by atoms with van der Waals surface area (Å²) in [6.07, 6.45) is 1.39. The van der Waals surface area contributed by atoms with Gasteiger partial charge >= 0.3 is 11.7 Å². The number of ether oxygens (including phenoxy) is 1. The van der Waals surface area contributed by atoms with Crippen LogP contribution in [-0.2, 0) is 34.0 Å². The normalized spacial score (nSPS) is 10.4. The number of hydrogen-bond donors (Lipinski definition) is 1.